The lowest BCUT2D eigenvalue weighted by Gasteiger charge is -1.97. The molecule has 2 nitrogen and oxygen atoms in total. The number of rotatable bonds is 2. The number of nitrogens with zero attached hydrogens (tertiary/aromatic N) is 2. The average molecular weight is 214 g/mol. The van der Waals surface area contributed by atoms with Crippen molar-refractivity contribution in [1.82, 2.24) is 4.37 Å². The van der Waals surface area contributed by atoms with Crippen molar-refractivity contribution >= 4 is 11.5 Å². The maximum atomic E-state index is 8.55. The molecule has 15 heavy (non-hydrogen) atoms. The highest BCUT2D eigenvalue weighted by atomic mass is 32.1. The van der Waals surface area contributed by atoms with E-state index in [1.54, 1.807) is 0 Å². The molecule has 3 heteroatoms. The number of nitriles is 1. The van der Waals surface area contributed by atoms with Crippen LogP contribution in [-0.2, 0) is 6.42 Å². The number of aryl methyl sites for hydroxylation is 1. The molecule has 74 valence electrons. The first-order chi connectivity index (χ1) is 7.29. The van der Waals surface area contributed by atoms with Crippen LogP contribution < -0.4 is 0 Å². The van der Waals surface area contributed by atoms with Crippen LogP contribution in [0.25, 0.3) is 10.4 Å². The number of hydrogen-bond donors (Lipinski definition) is 0. The van der Waals surface area contributed by atoms with E-state index in [0.717, 1.165) is 11.3 Å². The summed E-state index contributed by atoms with van der Waals surface area (Å²) in [6, 6.07) is 12.3. The van der Waals surface area contributed by atoms with Gasteiger partial charge in [0.1, 0.15) is 0 Å². The van der Waals surface area contributed by atoms with Crippen LogP contribution in [0.1, 0.15) is 11.3 Å². The Labute approximate surface area is 93.0 Å². The van der Waals surface area contributed by atoms with Gasteiger partial charge < -0.3 is 0 Å². The minimum atomic E-state index is 0.474. The van der Waals surface area contributed by atoms with E-state index in [-0.39, 0.29) is 0 Å². The van der Waals surface area contributed by atoms with Gasteiger partial charge in [-0.2, -0.15) is 9.64 Å². The summed E-state index contributed by atoms with van der Waals surface area (Å²) in [4.78, 5) is 1.18. The van der Waals surface area contributed by atoms with E-state index < -0.39 is 0 Å². The fraction of sp³-hybridized carbons (Fsp3) is 0.167. The quantitative estimate of drug-likeness (QED) is 0.769. The lowest BCUT2D eigenvalue weighted by atomic mass is 10.1. The smallest absolute Gasteiger partial charge is 0.0669 e. The van der Waals surface area contributed by atoms with E-state index in [1.165, 1.54) is 22.0 Å². The second-order valence-electron chi connectivity index (χ2n) is 3.36. The average Bonchev–Trinajstić information content (AvgIpc) is 2.67. The van der Waals surface area contributed by atoms with Crippen molar-refractivity contribution in [2.24, 2.45) is 0 Å². The van der Waals surface area contributed by atoms with Gasteiger partial charge in [-0.25, -0.2) is 0 Å². The second-order valence-corrected chi connectivity index (χ2v) is 4.17. The summed E-state index contributed by atoms with van der Waals surface area (Å²) in [7, 11) is 0. The molecule has 1 aromatic heterocycles. The number of aromatic nitrogens is 1. The summed E-state index contributed by atoms with van der Waals surface area (Å²) in [5.74, 6) is 0. The predicted octanol–water partition coefficient (Wildman–Crippen LogP) is 3.18. The summed E-state index contributed by atoms with van der Waals surface area (Å²) >= 11 is 1.51. The maximum Gasteiger partial charge on any atom is 0.0669 e. The molecule has 0 atom stereocenters. The monoisotopic (exact) mass is 214 g/mol. The van der Waals surface area contributed by atoms with Crippen LogP contribution in [0.4, 0.5) is 0 Å². The van der Waals surface area contributed by atoms with Crippen LogP contribution in [0.3, 0.4) is 0 Å². The highest BCUT2D eigenvalue weighted by Gasteiger charge is 2.01. The Bertz CT molecular complexity index is 491. The maximum absolute atomic E-state index is 8.55. The van der Waals surface area contributed by atoms with Gasteiger partial charge in [0.05, 0.1) is 23.1 Å². The second kappa shape index (κ2) is 4.24. The molecule has 0 spiro atoms. The van der Waals surface area contributed by atoms with Crippen molar-refractivity contribution in [1.29, 1.82) is 5.26 Å². The van der Waals surface area contributed by atoms with Crippen LogP contribution in [-0.4, -0.2) is 4.37 Å². The molecule has 1 aromatic carbocycles. The molecular weight excluding hydrogens is 204 g/mol. The molecule has 2 aromatic rings. The molecule has 0 saturated heterocycles. The van der Waals surface area contributed by atoms with E-state index in [1.807, 2.05) is 31.2 Å². The third-order valence-electron chi connectivity index (χ3n) is 2.15. The molecular formula is C12H10N2S. The Balaban J connectivity index is 2.28. The summed E-state index contributed by atoms with van der Waals surface area (Å²) in [6.45, 7) is 1.99. The van der Waals surface area contributed by atoms with Crippen LogP contribution >= 0.6 is 11.5 Å². The Morgan fingerprint density at radius 2 is 2.07 bits per heavy atom. The first kappa shape index (κ1) is 9.88. The van der Waals surface area contributed by atoms with Gasteiger partial charge in [0.2, 0.25) is 0 Å². The SMILES string of the molecule is Cc1cc(-c2ccc(CC#N)cc2)sn1. The molecule has 2 rings (SSSR count). The van der Waals surface area contributed by atoms with Gasteiger partial charge in [0, 0.05) is 0 Å². The topological polar surface area (TPSA) is 36.7 Å². The van der Waals surface area contributed by atoms with Crippen LogP contribution in [0.5, 0.6) is 0 Å². The van der Waals surface area contributed by atoms with E-state index in [9.17, 15) is 0 Å². The summed E-state index contributed by atoms with van der Waals surface area (Å²) in [5.41, 5.74) is 3.28. The van der Waals surface area contributed by atoms with Gasteiger partial charge in [0.25, 0.3) is 0 Å². The molecule has 0 amide bonds. The van der Waals surface area contributed by atoms with E-state index >= 15 is 0 Å². The molecule has 0 unspecified atom stereocenters. The van der Waals surface area contributed by atoms with Crippen molar-refractivity contribution < 1.29 is 0 Å². The first-order valence-electron chi connectivity index (χ1n) is 4.69. The van der Waals surface area contributed by atoms with Gasteiger partial charge in [-0.1, -0.05) is 24.3 Å². The number of hydrogen-bond acceptors (Lipinski definition) is 3. The van der Waals surface area contributed by atoms with Gasteiger partial charge in [-0.3, -0.25) is 0 Å². The van der Waals surface area contributed by atoms with Crippen molar-refractivity contribution in [2.45, 2.75) is 13.3 Å². The highest BCUT2D eigenvalue weighted by Crippen LogP contribution is 2.24. The lowest BCUT2D eigenvalue weighted by Crippen LogP contribution is -1.80. The minimum absolute atomic E-state index is 0.474. The zero-order valence-corrected chi connectivity index (χ0v) is 9.21. The van der Waals surface area contributed by atoms with Crippen molar-refractivity contribution in [3.8, 4) is 16.5 Å². The van der Waals surface area contributed by atoms with Crippen molar-refractivity contribution in [2.75, 3.05) is 0 Å². The Kier molecular flexibility index (Phi) is 2.79. The van der Waals surface area contributed by atoms with Gasteiger partial charge in [-0.15, -0.1) is 0 Å². The predicted molar refractivity (Wildman–Crippen MR) is 61.6 cm³/mol. The largest absolute Gasteiger partial charge is 0.198 e. The lowest BCUT2D eigenvalue weighted by molar-refractivity contribution is 1.26. The van der Waals surface area contributed by atoms with E-state index in [2.05, 4.69) is 16.5 Å². The van der Waals surface area contributed by atoms with E-state index in [4.69, 9.17) is 5.26 Å². The Morgan fingerprint density at radius 1 is 1.33 bits per heavy atom. The van der Waals surface area contributed by atoms with Crippen molar-refractivity contribution in [3.63, 3.8) is 0 Å². The zero-order valence-electron chi connectivity index (χ0n) is 8.40. The standard InChI is InChI=1S/C12H10N2S/c1-9-8-12(15-14-9)11-4-2-10(3-5-11)6-7-13/h2-5,8H,6H2,1H3. The van der Waals surface area contributed by atoms with Crippen LogP contribution in [0.2, 0.25) is 0 Å². The first-order valence-corrected chi connectivity index (χ1v) is 5.46. The van der Waals surface area contributed by atoms with Gasteiger partial charge in [0.15, 0.2) is 0 Å². The Hall–Kier alpha value is -1.66. The molecule has 0 radical (unpaired) electrons. The van der Waals surface area contributed by atoms with Crippen LogP contribution in [0, 0.1) is 18.3 Å². The molecule has 0 aliphatic heterocycles. The fourth-order valence-corrected chi connectivity index (χ4v) is 2.14. The third kappa shape index (κ3) is 2.23. The summed E-state index contributed by atoms with van der Waals surface area (Å²) < 4.78 is 4.24. The van der Waals surface area contributed by atoms with Gasteiger partial charge >= 0.3 is 0 Å². The fourth-order valence-electron chi connectivity index (χ4n) is 1.38. The highest BCUT2D eigenvalue weighted by molar-refractivity contribution is 7.09. The zero-order chi connectivity index (χ0) is 10.7. The third-order valence-corrected chi connectivity index (χ3v) is 3.08. The van der Waals surface area contributed by atoms with Crippen molar-refractivity contribution in [3.05, 3.63) is 41.6 Å². The summed E-state index contributed by atoms with van der Waals surface area (Å²) in [6.07, 6.45) is 0.474. The molecule has 1 heterocycles. The van der Waals surface area contributed by atoms with E-state index in [0.29, 0.717) is 6.42 Å². The van der Waals surface area contributed by atoms with Gasteiger partial charge in [-0.05, 0) is 35.6 Å². The van der Waals surface area contributed by atoms with Crippen LogP contribution in [0.15, 0.2) is 30.3 Å². The molecule has 0 aliphatic carbocycles. The molecule has 0 bridgehead atoms. The molecule has 0 aliphatic rings. The Morgan fingerprint density at radius 3 is 2.60 bits per heavy atom. The normalized spacial score (nSPS) is 9.87. The minimum Gasteiger partial charge on any atom is -0.198 e. The molecule has 0 fully saturated rings. The molecule has 0 saturated carbocycles. The molecule has 0 N–H and O–H groups in total. The number of benzene rings is 1. The summed E-state index contributed by atoms with van der Waals surface area (Å²) in [5, 5.41) is 8.55.